The Morgan fingerprint density at radius 2 is 1.90 bits per heavy atom. The second-order valence-corrected chi connectivity index (χ2v) is 6.08. The number of benzene rings is 1. The maximum atomic E-state index is 11.9. The van der Waals surface area contributed by atoms with Crippen LogP contribution in [0.4, 0.5) is 0 Å². The molecule has 4 nitrogen and oxygen atoms in total. The first-order valence-corrected chi connectivity index (χ1v) is 7.97. The SMILES string of the molecule is O=C(NCc1ccc(CN2CCCC2)cc1)C1CCOC1. The molecule has 2 fully saturated rings. The molecule has 4 heteroatoms. The van der Waals surface area contributed by atoms with Crippen molar-refractivity contribution in [3.63, 3.8) is 0 Å². The molecule has 2 aliphatic rings. The fraction of sp³-hybridized carbons (Fsp3) is 0.588. The molecule has 2 saturated heterocycles. The van der Waals surface area contributed by atoms with E-state index in [4.69, 9.17) is 4.74 Å². The molecule has 0 spiro atoms. The number of carbonyl (C=O) groups excluding carboxylic acids is 1. The fourth-order valence-corrected chi connectivity index (χ4v) is 3.04. The average molecular weight is 288 g/mol. The number of nitrogens with zero attached hydrogens (tertiary/aromatic N) is 1. The van der Waals surface area contributed by atoms with Crippen LogP contribution in [0.2, 0.25) is 0 Å². The number of hydrogen-bond donors (Lipinski definition) is 1. The van der Waals surface area contributed by atoms with Crippen molar-refractivity contribution in [2.45, 2.75) is 32.4 Å². The highest BCUT2D eigenvalue weighted by Crippen LogP contribution is 2.14. The summed E-state index contributed by atoms with van der Waals surface area (Å²) in [5, 5.41) is 3.00. The van der Waals surface area contributed by atoms with Gasteiger partial charge in [0.15, 0.2) is 0 Å². The molecule has 21 heavy (non-hydrogen) atoms. The summed E-state index contributed by atoms with van der Waals surface area (Å²) in [7, 11) is 0. The van der Waals surface area contributed by atoms with Gasteiger partial charge < -0.3 is 10.1 Å². The summed E-state index contributed by atoms with van der Waals surface area (Å²) < 4.78 is 5.24. The maximum Gasteiger partial charge on any atom is 0.225 e. The number of carbonyl (C=O) groups is 1. The number of nitrogens with one attached hydrogen (secondary N) is 1. The van der Waals surface area contributed by atoms with Crippen molar-refractivity contribution in [2.24, 2.45) is 5.92 Å². The van der Waals surface area contributed by atoms with Crippen LogP contribution in [-0.4, -0.2) is 37.1 Å². The Morgan fingerprint density at radius 1 is 1.19 bits per heavy atom. The van der Waals surface area contributed by atoms with Gasteiger partial charge in [0, 0.05) is 19.7 Å². The molecule has 1 unspecified atom stereocenters. The number of ether oxygens (including phenoxy) is 1. The van der Waals surface area contributed by atoms with Gasteiger partial charge in [-0.05, 0) is 43.5 Å². The molecule has 1 N–H and O–H groups in total. The Bertz CT molecular complexity index is 460. The standard InChI is InChI=1S/C17H24N2O2/c20-17(16-7-10-21-13-16)18-11-14-3-5-15(6-4-14)12-19-8-1-2-9-19/h3-6,16H,1-2,7-13H2,(H,18,20). The largest absolute Gasteiger partial charge is 0.381 e. The molecule has 1 aromatic rings. The predicted octanol–water partition coefficient (Wildman–Crippen LogP) is 1.94. The molecular weight excluding hydrogens is 264 g/mol. The molecule has 0 bridgehead atoms. The van der Waals surface area contributed by atoms with E-state index in [1.54, 1.807) is 0 Å². The van der Waals surface area contributed by atoms with Gasteiger partial charge >= 0.3 is 0 Å². The first-order chi connectivity index (χ1) is 10.3. The maximum absolute atomic E-state index is 11.9. The minimum atomic E-state index is 0.0411. The second-order valence-electron chi connectivity index (χ2n) is 6.08. The molecule has 0 aliphatic carbocycles. The van der Waals surface area contributed by atoms with Crippen molar-refractivity contribution in [1.29, 1.82) is 0 Å². The Hall–Kier alpha value is -1.39. The van der Waals surface area contributed by atoms with Crippen LogP contribution in [0.25, 0.3) is 0 Å². The summed E-state index contributed by atoms with van der Waals surface area (Å²) in [6.07, 6.45) is 3.50. The Kier molecular flexibility index (Phi) is 4.88. The van der Waals surface area contributed by atoms with Crippen molar-refractivity contribution < 1.29 is 9.53 Å². The lowest BCUT2D eigenvalue weighted by Gasteiger charge is -2.15. The van der Waals surface area contributed by atoms with E-state index in [1.165, 1.54) is 31.5 Å². The van der Waals surface area contributed by atoms with Crippen LogP contribution < -0.4 is 5.32 Å². The lowest BCUT2D eigenvalue weighted by Crippen LogP contribution is -2.30. The third kappa shape index (κ3) is 4.05. The lowest BCUT2D eigenvalue weighted by molar-refractivity contribution is -0.125. The zero-order valence-corrected chi connectivity index (χ0v) is 12.5. The normalized spacial score (nSPS) is 22.6. The van der Waals surface area contributed by atoms with E-state index in [9.17, 15) is 4.79 Å². The Labute approximate surface area is 126 Å². The van der Waals surface area contributed by atoms with Crippen LogP contribution in [0.3, 0.4) is 0 Å². The second kappa shape index (κ2) is 7.05. The Morgan fingerprint density at radius 3 is 2.57 bits per heavy atom. The summed E-state index contributed by atoms with van der Waals surface area (Å²) in [5.41, 5.74) is 2.52. The summed E-state index contributed by atoms with van der Waals surface area (Å²) >= 11 is 0. The molecule has 2 heterocycles. The van der Waals surface area contributed by atoms with E-state index in [0.717, 1.165) is 18.5 Å². The van der Waals surface area contributed by atoms with Gasteiger partial charge in [0.1, 0.15) is 0 Å². The van der Waals surface area contributed by atoms with Crippen LogP contribution in [0.15, 0.2) is 24.3 Å². The van der Waals surface area contributed by atoms with Gasteiger partial charge in [0.05, 0.1) is 12.5 Å². The van der Waals surface area contributed by atoms with Crippen LogP contribution in [0, 0.1) is 5.92 Å². The van der Waals surface area contributed by atoms with E-state index in [2.05, 4.69) is 34.5 Å². The van der Waals surface area contributed by atoms with Crippen LogP contribution in [0.1, 0.15) is 30.4 Å². The summed E-state index contributed by atoms with van der Waals surface area (Å²) in [6.45, 7) is 5.39. The van der Waals surface area contributed by atoms with Gasteiger partial charge in [-0.3, -0.25) is 9.69 Å². The highest BCUT2D eigenvalue weighted by molar-refractivity contribution is 5.78. The van der Waals surface area contributed by atoms with Gasteiger partial charge in [0.2, 0.25) is 5.91 Å². The minimum absolute atomic E-state index is 0.0411. The summed E-state index contributed by atoms with van der Waals surface area (Å²) in [5.74, 6) is 0.160. The van der Waals surface area contributed by atoms with Gasteiger partial charge in [-0.1, -0.05) is 24.3 Å². The predicted molar refractivity (Wildman–Crippen MR) is 81.7 cm³/mol. The van der Waals surface area contributed by atoms with Gasteiger partial charge in [0.25, 0.3) is 0 Å². The fourth-order valence-electron chi connectivity index (χ4n) is 3.04. The number of rotatable bonds is 5. The smallest absolute Gasteiger partial charge is 0.225 e. The molecule has 0 radical (unpaired) electrons. The van der Waals surface area contributed by atoms with Crippen molar-refractivity contribution in [3.05, 3.63) is 35.4 Å². The van der Waals surface area contributed by atoms with Crippen LogP contribution in [-0.2, 0) is 22.6 Å². The molecule has 1 aromatic carbocycles. The highest BCUT2D eigenvalue weighted by atomic mass is 16.5. The van der Waals surface area contributed by atoms with Gasteiger partial charge in [-0.25, -0.2) is 0 Å². The van der Waals surface area contributed by atoms with Crippen LogP contribution >= 0.6 is 0 Å². The zero-order chi connectivity index (χ0) is 14.5. The van der Waals surface area contributed by atoms with Crippen molar-refractivity contribution in [1.82, 2.24) is 10.2 Å². The molecule has 0 aromatic heterocycles. The van der Waals surface area contributed by atoms with Crippen LogP contribution in [0.5, 0.6) is 0 Å². The third-order valence-corrected chi connectivity index (χ3v) is 4.40. The first kappa shape index (κ1) is 14.5. The molecule has 2 aliphatic heterocycles. The highest BCUT2D eigenvalue weighted by Gasteiger charge is 2.22. The van der Waals surface area contributed by atoms with E-state index in [1.807, 2.05) is 0 Å². The minimum Gasteiger partial charge on any atom is -0.381 e. The molecular formula is C17H24N2O2. The topological polar surface area (TPSA) is 41.6 Å². The number of amides is 1. The monoisotopic (exact) mass is 288 g/mol. The molecule has 1 atom stereocenters. The lowest BCUT2D eigenvalue weighted by atomic mass is 10.1. The average Bonchev–Trinajstić information content (AvgIpc) is 3.19. The summed E-state index contributed by atoms with van der Waals surface area (Å²) in [6, 6.07) is 8.60. The first-order valence-electron chi connectivity index (χ1n) is 7.97. The van der Waals surface area contributed by atoms with Gasteiger partial charge in [-0.15, -0.1) is 0 Å². The molecule has 114 valence electrons. The van der Waals surface area contributed by atoms with E-state index >= 15 is 0 Å². The van der Waals surface area contributed by atoms with E-state index in [0.29, 0.717) is 19.8 Å². The van der Waals surface area contributed by atoms with Gasteiger partial charge in [-0.2, -0.15) is 0 Å². The Balaban J connectivity index is 1.46. The zero-order valence-electron chi connectivity index (χ0n) is 12.5. The number of hydrogen-bond acceptors (Lipinski definition) is 3. The summed E-state index contributed by atoms with van der Waals surface area (Å²) in [4.78, 5) is 14.4. The number of likely N-dealkylation sites (tertiary alicyclic amines) is 1. The van der Waals surface area contributed by atoms with E-state index < -0.39 is 0 Å². The molecule has 0 saturated carbocycles. The van der Waals surface area contributed by atoms with E-state index in [-0.39, 0.29) is 11.8 Å². The molecule has 1 amide bonds. The quantitative estimate of drug-likeness (QED) is 0.900. The van der Waals surface area contributed by atoms with Crippen molar-refractivity contribution in [3.8, 4) is 0 Å². The van der Waals surface area contributed by atoms with Crippen molar-refractivity contribution >= 4 is 5.91 Å². The third-order valence-electron chi connectivity index (χ3n) is 4.40. The molecule has 3 rings (SSSR count). The van der Waals surface area contributed by atoms with Crippen molar-refractivity contribution in [2.75, 3.05) is 26.3 Å².